The molecule has 17 heavy (non-hydrogen) atoms. The van der Waals surface area contributed by atoms with Crippen LogP contribution in [0.5, 0.6) is 0 Å². The van der Waals surface area contributed by atoms with E-state index < -0.39 is 5.60 Å². The van der Waals surface area contributed by atoms with Gasteiger partial charge in [-0.15, -0.1) is 0 Å². The van der Waals surface area contributed by atoms with Crippen LogP contribution < -0.4 is 0 Å². The minimum atomic E-state index is -0.574. The number of hydrogen-bond donors (Lipinski definition) is 1. The summed E-state index contributed by atoms with van der Waals surface area (Å²) in [5.74, 6) is 0. The lowest BCUT2D eigenvalue weighted by Crippen LogP contribution is -2.18. The first-order chi connectivity index (χ1) is 8.17. The van der Waals surface area contributed by atoms with Gasteiger partial charge in [0.1, 0.15) is 0 Å². The van der Waals surface area contributed by atoms with Gasteiger partial charge in [-0.3, -0.25) is 4.90 Å². The molecule has 1 saturated heterocycles. The van der Waals surface area contributed by atoms with E-state index in [9.17, 15) is 5.11 Å². The average molecular weight is 252 g/mol. The van der Waals surface area contributed by atoms with Crippen LogP contribution in [0.4, 0.5) is 0 Å². The summed E-state index contributed by atoms with van der Waals surface area (Å²) < 4.78 is 0. The van der Waals surface area contributed by atoms with Gasteiger partial charge in [-0.25, -0.2) is 0 Å². The third kappa shape index (κ3) is 2.35. The maximum atomic E-state index is 10.0. The van der Waals surface area contributed by atoms with Crippen LogP contribution in [0.1, 0.15) is 36.8 Å². The Morgan fingerprint density at radius 2 is 1.94 bits per heavy atom. The summed E-state index contributed by atoms with van der Waals surface area (Å²) in [4.78, 5) is 2.44. The second kappa shape index (κ2) is 4.27. The molecule has 0 spiro atoms. The summed E-state index contributed by atoms with van der Waals surface area (Å²) in [5, 5.41) is 10.8. The molecule has 0 amide bonds. The van der Waals surface area contributed by atoms with E-state index in [1.54, 1.807) is 0 Å². The van der Waals surface area contributed by atoms with Gasteiger partial charge in [0.2, 0.25) is 0 Å². The highest BCUT2D eigenvalue weighted by Gasteiger charge is 2.42. The Hall–Kier alpha value is -0.570. The number of benzene rings is 1. The normalized spacial score (nSPS) is 22.9. The Labute approximate surface area is 107 Å². The average Bonchev–Trinajstić information content (AvgIpc) is 2.87. The van der Waals surface area contributed by atoms with Crippen LogP contribution in [0.25, 0.3) is 0 Å². The van der Waals surface area contributed by atoms with Gasteiger partial charge >= 0.3 is 0 Å². The molecule has 0 aromatic heterocycles. The molecule has 1 aliphatic heterocycles. The summed E-state index contributed by atoms with van der Waals surface area (Å²) in [5.41, 5.74) is 1.59. The Balaban J connectivity index is 1.76. The first-order valence-electron chi connectivity index (χ1n) is 6.41. The summed E-state index contributed by atoms with van der Waals surface area (Å²) in [6, 6.07) is 6.05. The number of nitrogens with zero attached hydrogens (tertiary/aromatic N) is 1. The van der Waals surface area contributed by atoms with E-state index in [2.05, 4.69) is 11.0 Å². The van der Waals surface area contributed by atoms with Crippen molar-refractivity contribution in [3.8, 4) is 0 Å². The molecule has 1 aliphatic carbocycles. The Kier molecular flexibility index (Phi) is 2.89. The van der Waals surface area contributed by atoms with Gasteiger partial charge in [-0.05, 0) is 56.0 Å². The van der Waals surface area contributed by atoms with Crippen LogP contribution in [0.15, 0.2) is 18.2 Å². The highest BCUT2D eigenvalue weighted by atomic mass is 35.5. The molecule has 2 aliphatic rings. The first-order valence-corrected chi connectivity index (χ1v) is 6.79. The molecular formula is C14H18ClNO. The predicted molar refractivity (Wildman–Crippen MR) is 69.1 cm³/mol. The van der Waals surface area contributed by atoms with Crippen LogP contribution in [-0.4, -0.2) is 23.1 Å². The van der Waals surface area contributed by atoms with Crippen LogP contribution in [0.2, 0.25) is 5.02 Å². The summed E-state index contributed by atoms with van der Waals surface area (Å²) in [6.45, 7) is 3.31. The van der Waals surface area contributed by atoms with Crippen molar-refractivity contribution in [3.63, 3.8) is 0 Å². The van der Waals surface area contributed by atoms with Crippen LogP contribution in [0.3, 0.4) is 0 Å². The van der Waals surface area contributed by atoms with Crippen molar-refractivity contribution >= 4 is 11.6 Å². The monoisotopic (exact) mass is 251 g/mol. The van der Waals surface area contributed by atoms with E-state index in [0.717, 1.165) is 30.0 Å². The highest BCUT2D eigenvalue weighted by molar-refractivity contribution is 6.31. The fourth-order valence-corrected chi connectivity index (χ4v) is 2.79. The second-order valence-electron chi connectivity index (χ2n) is 5.32. The summed E-state index contributed by atoms with van der Waals surface area (Å²) in [7, 11) is 0. The quantitative estimate of drug-likeness (QED) is 0.893. The minimum absolute atomic E-state index is 0.574. The first kappa shape index (κ1) is 11.5. The molecule has 1 heterocycles. The van der Waals surface area contributed by atoms with Crippen molar-refractivity contribution in [2.24, 2.45) is 0 Å². The van der Waals surface area contributed by atoms with E-state index in [1.807, 2.05) is 12.1 Å². The summed E-state index contributed by atoms with van der Waals surface area (Å²) in [6.07, 6.45) is 4.34. The smallest absolute Gasteiger partial charge is 0.0899 e. The maximum absolute atomic E-state index is 10.0. The molecule has 0 atom stereocenters. The van der Waals surface area contributed by atoms with E-state index in [0.29, 0.717) is 0 Å². The molecule has 2 fully saturated rings. The van der Waals surface area contributed by atoms with E-state index in [4.69, 9.17) is 11.6 Å². The predicted octanol–water partition coefficient (Wildman–Crippen LogP) is 2.92. The third-order valence-electron chi connectivity index (χ3n) is 3.91. The zero-order chi connectivity index (χ0) is 11.9. The molecule has 92 valence electrons. The SMILES string of the molecule is OC1(c2ccc(CN3CCCC3)c(Cl)c2)CC1. The second-order valence-corrected chi connectivity index (χ2v) is 5.73. The minimum Gasteiger partial charge on any atom is -0.385 e. The lowest BCUT2D eigenvalue weighted by Gasteiger charge is -2.17. The molecule has 2 nitrogen and oxygen atoms in total. The fraction of sp³-hybridized carbons (Fsp3) is 0.571. The molecule has 1 N–H and O–H groups in total. The largest absolute Gasteiger partial charge is 0.385 e. The van der Waals surface area contributed by atoms with Gasteiger partial charge in [0.25, 0.3) is 0 Å². The number of hydrogen-bond acceptors (Lipinski definition) is 2. The lowest BCUT2D eigenvalue weighted by molar-refractivity contribution is 0.151. The topological polar surface area (TPSA) is 23.5 Å². The zero-order valence-corrected chi connectivity index (χ0v) is 10.7. The molecule has 3 rings (SSSR count). The molecule has 1 aromatic rings. The molecular weight excluding hydrogens is 234 g/mol. The zero-order valence-electron chi connectivity index (χ0n) is 9.95. The number of likely N-dealkylation sites (tertiary alicyclic amines) is 1. The third-order valence-corrected chi connectivity index (χ3v) is 4.26. The maximum Gasteiger partial charge on any atom is 0.0899 e. The van der Waals surface area contributed by atoms with Crippen molar-refractivity contribution in [2.45, 2.75) is 37.8 Å². The molecule has 1 saturated carbocycles. The number of halogens is 1. The van der Waals surface area contributed by atoms with Crippen molar-refractivity contribution in [1.29, 1.82) is 0 Å². The van der Waals surface area contributed by atoms with Crippen molar-refractivity contribution in [2.75, 3.05) is 13.1 Å². The van der Waals surface area contributed by atoms with E-state index in [1.165, 1.54) is 31.5 Å². The van der Waals surface area contributed by atoms with E-state index in [-0.39, 0.29) is 0 Å². The standard InChI is InChI=1S/C14H18ClNO/c15-13-9-12(14(17)5-6-14)4-3-11(13)10-16-7-1-2-8-16/h3-4,9,17H,1-2,5-8,10H2. The Morgan fingerprint density at radius 3 is 2.53 bits per heavy atom. The van der Waals surface area contributed by atoms with Gasteiger partial charge in [0.05, 0.1) is 5.60 Å². The van der Waals surface area contributed by atoms with Crippen molar-refractivity contribution in [1.82, 2.24) is 4.90 Å². The van der Waals surface area contributed by atoms with Gasteiger partial charge in [0, 0.05) is 11.6 Å². The van der Waals surface area contributed by atoms with Gasteiger partial charge in [0.15, 0.2) is 0 Å². The van der Waals surface area contributed by atoms with Gasteiger partial charge in [-0.1, -0.05) is 23.7 Å². The van der Waals surface area contributed by atoms with Gasteiger partial charge in [-0.2, -0.15) is 0 Å². The Bertz CT molecular complexity index is 422. The molecule has 0 bridgehead atoms. The van der Waals surface area contributed by atoms with E-state index >= 15 is 0 Å². The fourth-order valence-electron chi connectivity index (χ4n) is 2.55. The van der Waals surface area contributed by atoms with Crippen LogP contribution >= 0.6 is 11.6 Å². The van der Waals surface area contributed by atoms with Crippen molar-refractivity contribution in [3.05, 3.63) is 34.3 Å². The number of rotatable bonds is 3. The molecule has 3 heteroatoms. The lowest BCUT2D eigenvalue weighted by atomic mass is 10.1. The Morgan fingerprint density at radius 1 is 1.24 bits per heavy atom. The molecule has 1 aromatic carbocycles. The highest BCUT2D eigenvalue weighted by Crippen LogP contribution is 2.46. The molecule has 0 radical (unpaired) electrons. The van der Waals surface area contributed by atoms with Crippen molar-refractivity contribution < 1.29 is 5.11 Å². The molecule has 0 unspecified atom stereocenters. The summed E-state index contributed by atoms with van der Waals surface area (Å²) >= 11 is 6.30. The van der Waals surface area contributed by atoms with Crippen LogP contribution in [-0.2, 0) is 12.1 Å². The number of aliphatic hydroxyl groups is 1. The van der Waals surface area contributed by atoms with Crippen LogP contribution in [0, 0.1) is 0 Å². The van der Waals surface area contributed by atoms with Gasteiger partial charge < -0.3 is 5.11 Å².